The Balaban J connectivity index is 1.72. The summed E-state index contributed by atoms with van der Waals surface area (Å²) >= 11 is 3.17. The summed E-state index contributed by atoms with van der Waals surface area (Å²) in [4.78, 5) is 16.5. The van der Waals surface area contributed by atoms with Crippen LogP contribution in [0.3, 0.4) is 0 Å². The van der Waals surface area contributed by atoms with Gasteiger partial charge in [0.2, 0.25) is 0 Å². The number of aromatic nitrogens is 3. The number of anilines is 1. The molecular formula is C23H15BrF6N4O2. The van der Waals surface area contributed by atoms with Crippen LogP contribution in [0, 0.1) is 0 Å². The van der Waals surface area contributed by atoms with Gasteiger partial charge in [-0.25, -0.2) is 4.98 Å². The molecule has 0 aliphatic heterocycles. The monoisotopic (exact) mass is 572 g/mol. The summed E-state index contributed by atoms with van der Waals surface area (Å²) in [5, 5.41) is 5.64. The molecule has 2 heterocycles. The molecule has 1 amide bonds. The number of nitrogens with zero attached hydrogens (tertiary/aromatic N) is 3. The topological polar surface area (TPSA) is 69.0 Å². The van der Waals surface area contributed by atoms with Gasteiger partial charge in [-0.15, -0.1) is 0 Å². The second-order valence-corrected chi connectivity index (χ2v) is 8.52. The third-order valence-electron chi connectivity index (χ3n) is 5.09. The van der Waals surface area contributed by atoms with Gasteiger partial charge in [0.1, 0.15) is 11.4 Å². The van der Waals surface area contributed by atoms with Gasteiger partial charge in [0.05, 0.1) is 30.4 Å². The van der Waals surface area contributed by atoms with Crippen molar-refractivity contribution in [2.75, 3.05) is 12.4 Å². The van der Waals surface area contributed by atoms with E-state index >= 15 is 0 Å². The van der Waals surface area contributed by atoms with Crippen molar-refractivity contribution in [2.45, 2.75) is 18.9 Å². The van der Waals surface area contributed by atoms with Crippen LogP contribution in [-0.4, -0.2) is 27.8 Å². The summed E-state index contributed by atoms with van der Waals surface area (Å²) in [6.07, 6.45) is -8.85. The number of benzene rings is 2. The SMILES string of the molecule is COc1ccc(Cn2cc(NC(=O)c3cc(C(F)(F)F)nc4ccc(Br)cc34)c(C(F)(F)F)n2)cc1. The Kier molecular flexibility index (Phi) is 6.69. The van der Waals surface area contributed by atoms with Crippen LogP contribution in [0.5, 0.6) is 5.75 Å². The second-order valence-electron chi connectivity index (χ2n) is 7.60. The molecule has 2 aromatic carbocycles. The van der Waals surface area contributed by atoms with E-state index in [2.05, 4.69) is 31.3 Å². The van der Waals surface area contributed by atoms with Crippen molar-refractivity contribution in [1.82, 2.24) is 14.8 Å². The Morgan fingerprint density at radius 3 is 2.33 bits per heavy atom. The van der Waals surface area contributed by atoms with Crippen LogP contribution in [-0.2, 0) is 18.9 Å². The molecule has 4 rings (SSSR count). The van der Waals surface area contributed by atoms with Gasteiger partial charge in [-0.2, -0.15) is 31.4 Å². The first kappa shape index (κ1) is 25.5. The number of fused-ring (bicyclic) bond motifs is 1. The fraction of sp³-hybridized carbons (Fsp3) is 0.174. The van der Waals surface area contributed by atoms with Crippen molar-refractivity contribution in [1.29, 1.82) is 0 Å². The van der Waals surface area contributed by atoms with Gasteiger partial charge in [0.25, 0.3) is 5.91 Å². The van der Waals surface area contributed by atoms with Crippen LogP contribution >= 0.6 is 15.9 Å². The number of halogens is 7. The number of hydrogen-bond donors (Lipinski definition) is 1. The highest BCUT2D eigenvalue weighted by molar-refractivity contribution is 9.10. The van der Waals surface area contributed by atoms with Crippen molar-refractivity contribution in [3.63, 3.8) is 0 Å². The molecule has 1 N–H and O–H groups in total. The smallest absolute Gasteiger partial charge is 0.437 e. The van der Waals surface area contributed by atoms with E-state index in [1.54, 1.807) is 24.3 Å². The number of rotatable bonds is 5. The first-order valence-corrected chi connectivity index (χ1v) is 10.9. The maximum Gasteiger partial charge on any atom is 0.437 e. The zero-order valence-electron chi connectivity index (χ0n) is 18.2. The van der Waals surface area contributed by atoms with Crippen LogP contribution in [0.4, 0.5) is 32.0 Å². The number of nitrogens with one attached hydrogen (secondary N) is 1. The summed E-state index contributed by atoms with van der Waals surface area (Å²) in [5.74, 6) is -0.627. The molecule has 0 saturated carbocycles. The first-order valence-electron chi connectivity index (χ1n) is 10.1. The van der Waals surface area contributed by atoms with Gasteiger partial charge < -0.3 is 10.1 Å². The van der Waals surface area contributed by atoms with Crippen molar-refractivity contribution in [3.8, 4) is 5.75 Å². The molecule has 188 valence electrons. The predicted molar refractivity (Wildman–Crippen MR) is 122 cm³/mol. The molecule has 0 fully saturated rings. The lowest BCUT2D eigenvalue weighted by Crippen LogP contribution is -2.18. The highest BCUT2D eigenvalue weighted by atomic mass is 79.9. The number of amides is 1. The number of pyridine rings is 1. The number of hydrogen-bond acceptors (Lipinski definition) is 4. The Morgan fingerprint density at radius 2 is 1.72 bits per heavy atom. The molecule has 36 heavy (non-hydrogen) atoms. The average molecular weight is 573 g/mol. The summed E-state index contributed by atoms with van der Waals surface area (Å²) < 4.78 is 87.6. The van der Waals surface area contributed by atoms with Crippen molar-refractivity contribution >= 4 is 38.4 Å². The lowest BCUT2D eigenvalue weighted by atomic mass is 10.1. The lowest BCUT2D eigenvalue weighted by molar-refractivity contribution is -0.141. The van der Waals surface area contributed by atoms with Crippen molar-refractivity contribution in [2.24, 2.45) is 0 Å². The molecule has 0 atom stereocenters. The molecule has 4 aromatic rings. The van der Waals surface area contributed by atoms with E-state index in [9.17, 15) is 31.1 Å². The van der Waals surface area contributed by atoms with E-state index in [1.165, 1.54) is 25.3 Å². The van der Waals surface area contributed by atoms with E-state index < -0.39 is 40.9 Å². The summed E-state index contributed by atoms with van der Waals surface area (Å²) in [6.45, 7) is -0.0632. The molecule has 0 spiro atoms. The van der Waals surface area contributed by atoms with E-state index in [-0.39, 0.29) is 17.4 Å². The number of carbonyl (C=O) groups is 1. The fourth-order valence-electron chi connectivity index (χ4n) is 3.44. The molecule has 0 aliphatic carbocycles. The molecule has 0 saturated heterocycles. The molecule has 0 radical (unpaired) electrons. The minimum Gasteiger partial charge on any atom is -0.497 e. The quantitative estimate of drug-likeness (QED) is 0.276. The van der Waals surface area contributed by atoms with Crippen LogP contribution in [0.2, 0.25) is 0 Å². The van der Waals surface area contributed by atoms with Crippen LogP contribution in [0.25, 0.3) is 10.9 Å². The van der Waals surface area contributed by atoms with Gasteiger partial charge in [0, 0.05) is 16.1 Å². The largest absolute Gasteiger partial charge is 0.497 e. The van der Waals surface area contributed by atoms with E-state index in [0.29, 0.717) is 21.9 Å². The number of carbonyl (C=O) groups excluding carboxylic acids is 1. The maximum absolute atomic E-state index is 13.7. The summed E-state index contributed by atoms with van der Waals surface area (Å²) in [6, 6.07) is 11.1. The highest BCUT2D eigenvalue weighted by Crippen LogP contribution is 2.35. The third kappa shape index (κ3) is 5.45. The summed E-state index contributed by atoms with van der Waals surface area (Å²) in [7, 11) is 1.47. The number of methoxy groups -OCH3 is 1. The average Bonchev–Trinajstić information content (AvgIpc) is 3.20. The Bertz CT molecular complexity index is 1430. The Hall–Kier alpha value is -3.61. The van der Waals surface area contributed by atoms with Gasteiger partial charge in [-0.3, -0.25) is 9.48 Å². The predicted octanol–water partition coefficient (Wildman–Crippen LogP) is 6.54. The molecular weight excluding hydrogens is 558 g/mol. The Morgan fingerprint density at radius 1 is 1.03 bits per heavy atom. The fourth-order valence-corrected chi connectivity index (χ4v) is 3.80. The van der Waals surface area contributed by atoms with E-state index in [1.807, 2.05) is 0 Å². The molecule has 13 heteroatoms. The van der Waals surface area contributed by atoms with Gasteiger partial charge in [-0.1, -0.05) is 28.1 Å². The lowest BCUT2D eigenvalue weighted by Gasteiger charge is -2.13. The molecule has 0 bridgehead atoms. The molecule has 0 unspecified atom stereocenters. The zero-order chi connectivity index (χ0) is 26.3. The summed E-state index contributed by atoms with van der Waals surface area (Å²) in [5.41, 5.74) is -3.48. The normalized spacial score (nSPS) is 12.1. The zero-order valence-corrected chi connectivity index (χ0v) is 19.8. The highest BCUT2D eigenvalue weighted by Gasteiger charge is 2.38. The van der Waals surface area contributed by atoms with Crippen molar-refractivity contribution in [3.05, 3.63) is 81.7 Å². The number of ether oxygens (including phenoxy) is 1. The van der Waals surface area contributed by atoms with E-state index in [4.69, 9.17) is 4.74 Å². The minimum atomic E-state index is -4.94. The first-order chi connectivity index (χ1) is 16.8. The molecule has 2 aromatic heterocycles. The standard InChI is InChI=1S/C23H15BrF6N4O2/c1-36-14-5-2-12(3-6-14)10-34-11-18(20(33-34)23(28,29)30)32-21(35)16-9-19(22(25,26)27)31-17-7-4-13(24)8-15(16)17/h2-9,11H,10H2,1H3,(H,32,35). The van der Waals surface area contributed by atoms with Crippen LogP contribution in [0.15, 0.2) is 59.2 Å². The van der Waals surface area contributed by atoms with Gasteiger partial charge >= 0.3 is 12.4 Å². The third-order valence-corrected chi connectivity index (χ3v) is 5.58. The van der Waals surface area contributed by atoms with Gasteiger partial charge in [0.15, 0.2) is 5.69 Å². The number of alkyl halides is 6. The molecule has 6 nitrogen and oxygen atoms in total. The maximum atomic E-state index is 13.7. The Labute approximate surface area is 208 Å². The minimum absolute atomic E-state index is 0.0223. The second kappa shape index (κ2) is 9.45. The molecule has 0 aliphatic rings. The van der Waals surface area contributed by atoms with Gasteiger partial charge in [-0.05, 0) is 42.0 Å². The van der Waals surface area contributed by atoms with Crippen LogP contribution in [0.1, 0.15) is 27.3 Å². The van der Waals surface area contributed by atoms with Crippen molar-refractivity contribution < 1.29 is 35.9 Å². The van der Waals surface area contributed by atoms with Crippen LogP contribution < -0.4 is 10.1 Å². The van der Waals surface area contributed by atoms with E-state index in [0.717, 1.165) is 10.9 Å².